The summed E-state index contributed by atoms with van der Waals surface area (Å²) in [5, 5.41) is 12.5. The Hall–Kier alpha value is -0.690. The molecule has 0 bridgehead atoms. The van der Waals surface area contributed by atoms with Crippen LogP contribution >= 0.6 is 11.8 Å². The van der Waals surface area contributed by atoms with E-state index in [1.807, 2.05) is 11.8 Å². The molecule has 0 aromatic carbocycles. The number of nitriles is 1. The Labute approximate surface area is 120 Å². The maximum absolute atomic E-state index is 12.2. The minimum absolute atomic E-state index is 0.0907. The molecule has 1 N–H and O–H groups in total. The quantitative estimate of drug-likeness (QED) is 0.864. The molecule has 1 aliphatic heterocycles. The highest BCUT2D eigenvalue weighted by Crippen LogP contribution is 2.32. The Morgan fingerprint density at radius 1 is 1.32 bits per heavy atom. The molecule has 1 aliphatic carbocycles. The van der Waals surface area contributed by atoms with Crippen LogP contribution < -0.4 is 5.32 Å². The molecule has 106 valence electrons. The van der Waals surface area contributed by atoms with E-state index in [0.29, 0.717) is 18.3 Å². The van der Waals surface area contributed by atoms with Crippen LogP contribution in [0.1, 0.15) is 51.9 Å². The SMILES string of the molecule is CC1CCC(C#N)(NC(=O)CC2CCSCC2)CC1. The topological polar surface area (TPSA) is 52.9 Å². The van der Waals surface area contributed by atoms with Crippen molar-refractivity contribution in [3.8, 4) is 6.07 Å². The van der Waals surface area contributed by atoms with Crippen molar-refractivity contribution in [1.82, 2.24) is 5.32 Å². The number of nitrogens with zero attached hydrogens (tertiary/aromatic N) is 1. The monoisotopic (exact) mass is 280 g/mol. The lowest BCUT2D eigenvalue weighted by Gasteiger charge is -2.35. The van der Waals surface area contributed by atoms with Gasteiger partial charge in [0.05, 0.1) is 6.07 Å². The molecular weight excluding hydrogens is 256 g/mol. The Bertz CT molecular complexity index is 350. The summed E-state index contributed by atoms with van der Waals surface area (Å²) < 4.78 is 0. The molecule has 1 heterocycles. The van der Waals surface area contributed by atoms with E-state index in [9.17, 15) is 10.1 Å². The molecule has 3 nitrogen and oxygen atoms in total. The lowest BCUT2D eigenvalue weighted by Crippen LogP contribution is -2.49. The molecule has 1 saturated carbocycles. The zero-order valence-corrected chi connectivity index (χ0v) is 12.6. The van der Waals surface area contributed by atoms with E-state index in [-0.39, 0.29) is 5.91 Å². The van der Waals surface area contributed by atoms with E-state index in [0.717, 1.165) is 38.5 Å². The Morgan fingerprint density at radius 2 is 1.95 bits per heavy atom. The molecule has 0 spiro atoms. The minimum Gasteiger partial charge on any atom is -0.338 e. The summed E-state index contributed by atoms with van der Waals surface area (Å²) in [6.07, 6.45) is 6.64. The van der Waals surface area contributed by atoms with E-state index < -0.39 is 5.54 Å². The maximum atomic E-state index is 12.2. The van der Waals surface area contributed by atoms with Gasteiger partial charge in [0.25, 0.3) is 0 Å². The predicted octanol–water partition coefficient (Wildman–Crippen LogP) is 3.11. The Kier molecular flexibility index (Phi) is 5.15. The summed E-state index contributed by atoms with van der Waals surface area (Å²) >= 11 is 1.98. The number of hydrogen-bond acceptors (Lipinski definition) is 3. The van der Waals surface area contributed by atoms with E-state index in [1.54, 1.807) is 0 Å². The summed E-state index contributed by atoms with van der Waals surface area (Å²) in [4.78, 5) is 12.2. The zero-order chi connectivity index (χ0) is 13.7. The first-order chi connectivity index (χ1) is 9.13. The molecule has 0 atom stereocenters. The molecular formula is C15H24N2OS. The molecule has 2 fully saturated rings. The van der Waals surface area contributed by atoms with Crippen LogP contribution in [0.4, 0.5) is 0 Å². The summed E-state index contributed by atoms with van der Waals surface area (Å²) in [6, 6.07) is 2.37. The van der Waals surface area contributed by atoms with Gasteiger partial charge in [0.1, 0.15) is 5.54 Å². The van der Waals surface area contributed by atoms with Crippen LogP contribution in [0.2, 0.25) is 0 Å². The maximum Gasteiger partial charge on any atom is 0.221 e. The highest BCUT2D eigenvalue weighted by molar-refractivity contribution is 7.99. The van der Waals surface area contributed by atoms with Gasteiger partial charge in [-0.05, 0) is 61.9 Å². The minimum atomic E-state index is -0.576. The molecule has 0 unspecified atom stereocenters. The Balaban J connectivity index is 1.84. The van der Waals surface area contributed by atoms with Crippen molar-refractivity contribution in [3.05, 3.63) is 0 Å². The molecule has 4 heteroatoms. The summed E-state index contributed by atoms with van der Waals surface area (Å²) in [6.45, 7) is 2.23. The summed E-state index contributed by atoms with van der Waals surface area (Å²) in [5.41, 5.74) is -0.576. The molecule has 19 heavy (non-hydrogen) atoms. The Morgan fingerprint density at radius 3 is 2.53 bits per heavy atom. The molecule has 1 saturated heterocycles. The second-order valence-electron chi connectivity index (χ2n) is 6.18. The number of carbonyl (C=O) groups is 1. The number of rotatable bonds is 3. The van der Waals surface area contributed by atoms with Crippen molar-refractivity contribution in [2.45, 2.75) is 57.4 Å². The van der Waals surface area contributed by atoms with Gasteiger partial charge in [-0.3, -0.25) is 4.79 Å². The summed E-state index contributed by atoms with van der Waals surface area (Å²) in [7, 11) is 0. The van der Waals surface area contributed by atoms with Crippen molar-refractivity contribution in [1.29, 1.82) is 5.26 Å². The van der Waals surface area contributed by atoms with Crippen molar-refractivity contribution < 1.29 is 4.79 Å². The van der Waals surface area contributed by atoms with Crippen molar-refractivity contribution in [2.24, 2.45) is 11.8 Å². The normalized spacial score (nSPS) is 32.5. The van der Waals surface area contributed by atoms with Gasteiger partial charge in [0.2, 0.25) is 5.91 Å². The lowest BCUT2D eigenvalue weighted by molar-refractivity contribution is -0.123. The van der Waals surface area contributed by atoms with Gasteiger partial charge in [0.15, 0.2) is 0 Å². The predicted molar refractivity (Wildman–Crippen MR) is 78.8 cm³/mol. The van der Waals surface area contributed by atoms with Gasteiger partial charge in [-0.15, -0.1) is 0 Å². The second-order valence-corrected chi connectivity index (χ2v) is 7.41. The molecule has 0 aromatic rings. The summed E-state index contributed by atoms with van der Waals surface area (Å²) in [5.74, 6) is 3.67. The lowest BCUT2D eigenvalue weighted by atomic mass is 9.78. The fourth-order valence-corrected chi connectivity index (χ4v) is 4.25. The van der Waals surface area contributed by atoms with Crippen molar-refractivity contribution in [2.75, 3.05) is 11.5 Å². The molecule has 2 aliphatic rings. The van der Waals surface area contributed by atoms with E-state index in [1.165, 1.54) is 11.5 Å². The van der Waals surface area contributed by atoms with Crippen LogP contribution in [0.3, 0.4) is 0 Å². The van der Waals surface area contributed by atoms with E-state index in [4.69, 9.17) is 0 Å². The van der Waals surface area contributed by atoms with Gasteiger partial charge in [-0.25, -0.2) is 0 Å². The zero-order valence-electron chi connectivity index (χ0n) is 11.8. The molecule has 2 rings (SSSR count). The first kappa shape index (κ1) is 14.7. The third-order valence-corrected chi connectivity index (χ3v) is 5.58. The van der Waals surface area contributed by atoms with Gasteiger partial charge < -0.3 is 5.32 Å². The van der Waals surface area contributed by atoms with Crippen LogP contribution in [-0.4, -0.2) is 23.0 Å². The van der Waals surface area contributed by atoms with Crippen molar-refractivity contribution >= 4 is 17.7 Å². The smallest absolute Gasteiger partial charge is 0.221 e. The number of hydrogen-bond donors (Lipinski definition) is 1. The highest BCUT2D eigenvalue weighted by Gasteiger charge is 2.36. The molecule has 0 radical (unpaired) electrons. The van der Waals surface area contributed by atoms with Gasteiger partial charge in [-0.1, -0.05) is 6.92 Å². The third-order valence-electron chi connectivity index (χ3n) is 4.54. The van der Waals surface area contributed by atoms with Gasteiger partial charge in [0, 0.05) is 6.42 Å². The molecule has 1 amide bonds. The number of nitrogens with one attached hydrogen (secondary N) is 1. The molecule has 0 aromatic heterocycles. The average molecular weight is 280 g/mol. The highest BCUT2D eigenvalue weighted by atomic mass is 32.2. The fourth-order valence-electron chi connectivity index (χ4n) is 3.05. The van der Waals surface area contributed by atoms with Crippen molar-refractivity contribution in [3.63, 3.8) is 0 Å². The van der Waals surface area contributed by atoms with Gasteiger partial charge >= 0.3 is 0 Å². The number of thioether (sulfide) groups is 1. The number of carbonyl (C=O) groups excluding carboxylic acids is 1. The average Bonchev–Trinajstić information content (AvgIpc) is 2.43. The first-order valence-corrected chi connectivity index (χ1v) is 8.59. The fraction of sp³-hybridized carbons (Fsp3) is 0.867. The van der Waals surface area contributed by atoms with Crippen LogP contribution in [-0.2, 0) is 4.79 Å². The largest absolute Gasteiger partial charge is 0.338 e. The van der Waals surface area contributed by atoms with Gasteiger partial charge in [-0.2, -0.15) is 17.0 Å². The first-order valence-electron chi connectivity index (χ1n) is 7.43. The van der Waals surface area contributed by atoms with E-state index in [2.05, 4.69) is 18.3 Å². The van der Waals surface area contributed by atoms with Crippen LogP contribution in [0.15, 0.2) is 0 Å². The van der Waals surface area contributed by atoms with Crippen LogP contribution in [0.25, 0.3) is 0 Å². The standard InChI is InChI=1S/C15H24N2OS/c1-12-2-6-15(11-16,7-3-12)17-14(18)10-13-4-8-19-9-5-13/h12-13H,2-10H2,1H3,(H,17,18). The number of amides is 1. The third kappa shape index (κ3) is 4.14. The van der Waals surface area contributed by atoms with Crippen LogP contribution in [0, 0.1) is 23.2 Å². The second kappa shape index (κ2) is 6.65. The van der Waals surface area contributed by atoms with Crippen LogP contribution in [0.5, 0.6) is 0 Å². The van der Waals surface area contributed by atoms with E-state index >= 15 is 0 Å².